The lowest BCUT2D eigenvalue weighted by atomic mass is 10.1. The highest BCUT2D eigenvalue weighted by Crippen LogP contribution is 2.12. The van der Waals surface area contributed by atoms with Crippen molar-refractivity contribution in [2.45, 2.75) is 25.6 Å². The molecule has 4 heteroatoms. The first-order valence-electron chi connectivity index (χ1n) is 5.42. The molecule has 0 amide bonds. The highest BCUT2D eigenvalue weighted by atomic mass is 19.1. The molecule has 3 N–H and O–H groups in total. The molecule has 0 saturated carbocycles. The number of benzene rings is 1. The summed E-state index contributed by atoms with van der Waals surface area (Å²) < 4.78 is 12.6. The van der Waals surface area contributed by atoms with Gasteiger partial charge in [0, 0.05) is 6.54 Å². The maximum Gasteiger partial charge on any atom is 0.123 e. The Labute approximate surface area is 94.9 Å². The van der Waals surface area contributed by atoms with Gasteiger partial charge in [0.1, 0.15) is 5.82 Å². The van der Waals surface area contributed by atoms with Crippen LogP contribution in [-0.4, -0.2) is 29.4 Å². The largest absolute Gasteiger partial charge is 0.393 e. The van der Waals surface area contributed by atoms with E-state index in [9.17, 15) is 9.50 Å². The van der Waals surface area contributed by atoms with E-state index in [1.54, 1.807) is 19.1 Å². The molecule has 16 heavy (non-hydrogen) atoms. The van der Waals surface area contributed by atoms with E-state index >= 15 is 0 Å². The molecule has 0 heterocycles. The van der Waals surface area contributed by atoms with Crippen molar-refractivity contribution in [1.82, 2.24) is 5.32 Å². The standard InChI is InChI=1S/C12H18FNO2/c1-9(15)6-7-14-8-12(16)10-2-4-11(13)5-3-10/h2-5,9,12,14-16H,6-8H2,1H3. The Bertz CT molecular complexity index is 300. The van der Waals surface area contributed by atoms with Gasteiger partial charge >= 0.3 is 0 Å². The summed E-state index contributed by atoms with van der Waals surface area (Å²) in [6.45, 7) is 2.77. The number of halogens is 1. The van der Waals surface area contributed by atoms with Crippen LogP contribution in [0.2, 0.25) is 0 Å². The lowest BCUT2D eigenvalue weighted by Gasteiger charge is -2.12. The first-order valence-corrected chi connectivity index (χ1v) is 5.42. The van der Waals surface area contributed by atoms with Gasteiger partial charge in [-0.05, 0) is 37.6 Å². The molecule has 1 aromatic carbocycles. The SMILES string of the molecule is CC(O)CCNCC(O)c1ccc(F)cc1. The van der Waals surface area contributed by atoms with E-state index in [2.05, 4.69) is 5.32 Å². The number of aliphatic hydroxyl groups is 2. The summed E-state index contributed by atoms with van der Waals surface area (Å²) in [4.78, 5) is 0. The molecule has 1 aromatic rings. The normalized spacial score (nSPS) is 14.8. The highest BCUT2D eigenvalue weighted by molar-refractivity contribution is 5.18. The van der Waals surface area contributed by atoms with E-state index in [4.69, 9.17) is 5.11 Å². The Hall–Kier alpha value is -0.970. The van der Waals surface area contributed by atoms with Crippen molar-refractivity contribution in [3.63, 3.8) is 0 Å². The average Bonchev–Trinajstić information content (AvgIpc) is 2.25. The third-order valence-corrected chi connectivity index (χ3v) is 2.33. The number of rotatable bonds is 6. The molecule has 90 valence electrons. The van der Waals surface area contributed by atoms with Crippen molar-refractivity contribution in [1.29, 1.82) is 0 Å². The molecular weight excluding hydrogens is 209 g/mol. The maximum absolute atomic E-state index is 12.6. The number of aliphatic hydroxyl groups excluding tert-OH is 2. The topological polar surface area (TPSA) is 52.5 Å². The third kappa shape index (κ3) is 4.70. The van der Waals surface area contributed by atoms with Crippen molar-refractivity contribution < 1.29 is 14.6 Å². The van der Waals surface area contributed by atoms with E-state index in [-0.39, 0.29) is 11.9 Å². The average molecular weight is 227 g/mol. The molecule has 2 atom stereocenters. The van der Waals surface area contributed by atoms with Crippen molar-refractivity contribution in [3.8, 4) is 0 Å². The minimum Gasteiger partial charge on any atom is -0.393 e. The molecule has 0 saturated heterocycles. The van der Waals surface area contributed by atoms with Crippen LogP contribution >= 0.6 is 0 Å². The van der Waals surface area contributed by atoms with Crippen LogP contribution < -0.4 is 5.32 Å². The monoisotopic (exact) mass is 227 g/mol. The molecule has 0 aliphatic rings. The quantitative estimate of drug-likeness (QED) is 0.640. The Morgan fingerprint density at radius 2 is 1.88 bits per heavy atom. The Balaban J connectivity index is 2.29. The minimum atomic E-state index is -0.644. The van der Waals surface area contributed by atoms with Gasteiger partial charge in [-0.15, -0.1) is 0 Å². The second-order valence-corrected chi connectivity index (χ2v) is 3.91. The smallest absolute Gasteiger partial charge is 0.123 e. The summed E-state index contributed by atoms with van der Waals surface area (Å²) in [6, 6.07) is 5.79. The lowest BCUT2D eigenvalue weighted by Crippen LogP contribution is -2.24. The zero-order valence-corrected chi connectivity index (χ0v) is 9.36. The number of nitrogens with one attached hydrogen (secondary N) is 1. The fraction of sp³-hybridized carbons (Fsp3) is 0.500. The lowest BCUT2D eigenvalue weighted by molar-refractivity contribution is 0.162. The Morgan fingerprint density at radius 1 is 1.25 bits per heavy atom. The van der Waals surface area contributed by atoms with Crippen molar-refractivity contribution in [2.75, 3.05) is 13.1 Å². The molecule has 0 aliphatic carbocycles. The van der Waals surface area contributed by atoms with Crippen LogP contribution in [0, 0.1) is 5.82 Å². The van der Waals surface area contributed by atoms with Crippen LogP contribution in [0.15, 0.2) is 24.3 Å². The predicted molar refractivity (Wildman–Crippen MR) is 60.5 cm³/mol. The Morgan fingerprint density at radius 3 is 2.44 bits per heavy atom. The van der Waals surface area contributed by atoms with Crippen LogP contribution in [0.3, 0.4) is 0 Å². The fourth-order valence-electron chi connectivity index (χ4n) is 1.35. The molecule has 0 bridgehead atoms. The summed E-state index contributed by atoms with van der Waals surface area (Å²) in [5, 5.41) is 21.8. The van der Waals surface area contributed by atoms with Crippen LogP contribution in [-0.2, 0) is 0 Å². The van der Waals surface area contributed by atoms with Gasteiger partial charge < -0.3 is 15.5 Å². The van der Waals surface area contributed by atoms with E-state index in [0.717, 1.165) is 0 Å². The van der Waals surface area contributed by atoms with Gasteiger partial charge in [0.2, 0.25) is 0 Å². The summed E-state index contributed by atoms with van der Waals surface area (Å²) in [6.07, 6.45) is -0.332. The molecule has 0 radical (unpaired) electrons. The van der Waals surface area contributed by atoms with E-state index in [1.165, 1.54) is 12.1 Å². The minimum absolute atomic E-state index is 0.307. The van der Waals surface area contributed by atoms with E-state index < -0.39 is 6.10 Å². The zero-order chi connectivity index (χ0) is 12.0. The van der Waals surface area contributed by atoms with Gasteiger partial charge in [0.15, 0.2) is 0 Å². The molecule has 2 unspecified atom stereocenters. The first-order chi connectivity index (χ1) is 7.59. The second kappa shape index (κ2) is 6.58. The third-order valence-electron chi connectivity index (χ3n) is 2.33. The predicted octanol–water partition coefficient (Wildman–Crippen LogP) is 1.22. The van der Waals surface area contributed by atoms with Gasteiger partial charge in [-0.2, -0.15) is 0 Å². The van der Waals surface area contributed by atoms with Gasteiger partial charge in [0.25, 0.3) is 0 Å². The van der Waals surface area contributed by atoms with Crippen LogP contribution in [0.25, 0.3) is 0 Å². The molecule has 0 fully saturated rings. The summed E-state index contributed by atoms with van der Waals surface area (Å²) >= 11 is 0. The van der Waals surface area contributed by atoms with E-state index in [1.807, 2.05) is 0 Å². The van der Waals surface area contributed by atoms with Gasteiger partial charge in [-0.3, -0.25) is 0 Å². The zero-order valence-electron chi connectivity index (χ0n) is 9.36. The molecule has 0 spiro atoms. The fourth-order valence-corrected chi connectivity index (χ4v) is 1.35. The van der Waals surface area contributed by atoms with Crippen LogP contribution in [0.5, 0.6) is 0 Å². The van der Waals surface area contributed by atoms with Gasteiger partial charge in [-0.1, -0.05) is 12.1 Å². The van der Waals surface area contributed by atoms with E-state index in [0.29, 0.717) is 25.1 Å². The van der Waals surface area contributed by atoms with Gasteiger partial charge in [0.05, 0.1) is 12.2 Å². The number of hydrogen-bond acceptors (Lipinski definition) is 3. The first kappa shape index (κ1) is 13.1. The summed E-state index contributed by atoms with van der Waals surface area (Å²) in [5.41, 5.74) is 0.686. The molecule has 0 aromatic heterocycles. The van der Waals surface area contributed by atoms with Gasteiger partial charge in [-0.25, -0.2) is 4.39 Å². The second-order valence-electron chi connectivity index (χ2n) is 3.91. The van der Waals surface area contributed by atoms with Crippen molar-refractivity contribution in [3.05, 3.63) is 35.6 Å². The van der Waals surface area contributed by atoms with Crippen molar-refractivity contribution >= 4 is 0 Å². The maximum atomic E-state index is 12.6. The molecular formula is C12H18FNO2. The highest BCUT2D eigenvalue weighted by Gasteiger charge is 2.06. The summed E-state index contributed by atoms with van der Waals surface area (Å²) in [7, 11) is 0. The molecule has 3 nitrogen and oxygen atoms in total. The van der Waals surface area contributed by atoms with Crippen molar-refractivity contribution in [2.24, 2.45) is 0 Å². The molecule has 0 aliphatic heterocycles. The Kier molecular flexibility index (Phi) is 5.38. The molecule has 1 rings (SSSR count). The van der Waals surface area contributed by atoms with Crippen LogP contribution in [0.4, 0.5) is 4.39 Å². The van der Waals surface area contributed by atoms with Crippen LogP contribution in [0.1, 0.15) is 25.0 Å². The number of hydrogen-bond donors (Lipinski definition) is 3. The summed E-state index contributed by atoms with van der Waals surface area (Å²) in [5.74, 6) is -0.307.